The van der Waals surface area contributed by atoms with Crippen LogP contribution in [0.5, 0.6) is 0 Å². The Kier molecular flexibility index (Phi) is 9.98. The third-order valence-electron chi connectivity index (χ3n) is 12.2. The fourth-order valence-electron chi connectivity index (χ4n) is 8.79. The van der Waals surface area contributed by atoms with Gasteiger partial charge in [0.25, 0.3) is 0 Å². The van der Waals surface area contributed by atoms with E-state index in [1.54, 1.807) is 0 Å². The highest BCUT2D eigenvalue weighted by molar-refractivity contribution is 7.99. The molecule has 8 nitrogen and oxygen atoms in total. The van der Waals surface area contributed by atoms with Crippen LogP contribution in [-0.4, -0.2) is 95.0 Å². The first kappa shape index (κ1) is 33.5. The molecule has 1 heterocycles. The maximum absolute atomic E-state index is 13.6. The number of esters is 1. The molecule has 42 heavy (non-hydrogen) atoms. The lowest BCUT2D eigenvalue weighted by molar-refractivity contribution is -0.205. The number of carbonyl (C=O) groups excluding carboxylic acids is 3. The van der Waals surface area contributed by atoms with E-state index in [2.05, 4.69) is 39.3 Å². The molecular weight excluding hydrogens is 550 g/mol. The Hall–Kier alpha value is -1.42. The lowest BCUT2D eigenvalue weighted by Crippen LogP contribution is -2.63. The van der Waals surface area contributed by atoms with Gasteiger partial charge in [0.2, 0.25) is 5.91 Å². The van der Waals surface area contributed by atoms with E-state index < -0.39 is 29.1 Å². The quantitative estimate of drug-likeness (QED) is 0.318. The fourth-order valence-corrected chi connectivity index (χ4v) is 9.78. The van der Waals surface area contributed by atoms with Gasteiger partial charge in [0.15, 0.2) is 0 Å². The van der Waals surface area contributed by atoms with Gasteiger partial charge >= 0.3 is 5.97 Å². The monoisotopic (exact) mass is 605 g/mol. The summed E-state index contributed by atoms with van der Waals surface area (Å²) in [4.78, 5) is 44.0. The van der Waals surface area contributed by atoms with Gasteiger partial charge < -0.3 is 20.5 Å². The number of ether oxygens (including phenoxy) is 1. The zero-order valence-electron chi connectivity index (χ0n) is 26.9. The van der Waals surface area contributed by atoms with Gasteiger partial charge in [-0.2, -0.15) is 0 Å². The van der Waals surface area contributed by atoms with E-state index in [0.717, 1.165) is 25.8 Å². The van der Waals surface area contributed by atoms with Crippen LogP contribution in [0.4, 0.5) is 0 Å². The summed E-state index contributed by atoms with van der Waals surface area (Å²) in [7, 11) is 2.06. The van der Waals surface area contributed by atoms with Crippen LogP contribution in [0.25, 0.3) is 0 Å². The molecule has 3 unspecified atom stereocenters. The first-order valence-corrected chi connectivity index (χ1v) is 17.1. The number of amides is 1. The van der Waals surface area contributed by atoms with Crippen LogP contribution in [0.3, 0.4) is 0 Å². The molecule has 10 atom stereocenters. The number of aliphatic hydroxyl groups is 1. The molecule has 0 radical (unpaired) electrons. The van der Waals surface area contributed by atoms with Gasteiger partial charge in [0.05, 0.1) is 17.9 Å². The largest absolute Gasteiger partial charge is 0.461 e. The molecule has 238 valence electrons. The zero-order chi connectivity index (χ0) is 31.2. The number of likely N-dealkylation sites (N-methyl/N-ethyl adjacent to an activating group) is 1. The topological polar surface area (TPSA) is 113 Å². The van der Waals surface area contributed by atoms with Crippen LogP contribution < -0.4 is 5.73 Å². The minimum atomic E-state index is -0.673. The van der Waals surface area contributed by atoms with Crippen molar-refractivity contribution < 1.29 is 24.2 Å². The number of nitrogens with zero attached hydrogens (tertiary/aromatic N) is 2. The van der Waals surface area contributed by atoms with Gasteiger partial charge in [-0.05, 0) is 55.9 Å². The second-order valence-corrected chi connectivity index (χ2v) is 15.8. The van der Waals surface area contributed by atoms with Crippen molar-refractivity contribution in [2.24, 2.45) is 45.7 Å². The number of ketones is 1. The van der Waals surface area contributed by atoms with Crippen molar-refractivity contribution in [2.45, 2.75) is 97.9 Å². The van der Waals surface area contributed by atoms with E-state index in [9.17, 15) is 19.5 Å². The molecule has 3 aliphatic carbocycles. The molecule has 1 saturated heterocycles. The predicted molar refractivity (Wildman–Crippen MR) is 168 cm³/mol. The average Bonchev–Trinajstić information content (AvgIpc) is 3.31. The Morgan fingerprint density at radius 1 is 1.24 bits per heavy atom. The summed E-state index contributed by atoms with van der Waals surface area (Å²) in [6.07, 6.45) is 4.29. The number of rotatable bonds is 8. The van der Waals surface area contributed by atoms with Crippen LogP contribution >= 0.6 is 11.8 Å². The van der Waals surface area contributed by atoms with Gasteiger partial charge in [0, 0.05) is 54.6 Å². The van der Waals surface area contributed by atoms with Crippen molar-refractivity contribution in [2.75, 3.05) is 38.2 Å². The summed E-state index contributed by atoms with van der Waals surface area (Å²) in [5.41, 5.74) is 4.71. The van der Waals surface area contributed by atoms with E-state index in [1.165, 1.54) is 11.8 Å². The van der Waals surface area contributed by atoms with E-state index in [0.29, 0.717) is 31.7 Å². The molecular formula is C33H55N3O5S. The van der Waals surface area contributed by atoms with Crippen molar-refractivity contribution in [3.63, 3.8) is 0 Å². The number of aliphatic hydroxyl groups excluding tert-OH is 1. The average molecular weight is 606 g/mol. The number of piperazine rings is 1. The SMILES string of the molecule is C=C[C@]1(C)C[C@@H](OC(=O)CSCC2CN(C(=O)[C@H](N)C(C)C)CCN2C)[C@]2(C)C(C)CC[C@]3(CCC(=O)C32)[C@@H](C)[C@@H]1O. The maximum Gasteiger partial charge on any atom is 0.316 e. The molecule has 1 aliphatic heterocycles. The van der Waals surface area contributed by atoms with Gasteiger partial charge in [0.1, 0.15) is 11.9 Å². The molecule has 0 aromatic carbocycles. The summed E-state index contributed by atoms with van der Waals surface area (Å²) in [5.74, 6) is 0.856. The Labute approximate surface area is 257 Å². The van der Waals surface area contributed by atoms with Crippen LogP contribution in [0.2, 0.25) is 0 Å². The molecule has 9 heteroatoms. The van der Waals surface area contributed by atoms with Crippen molar-refractivity contribution in [1.82, 2.24) is 9.80 Å². The molecule has 2 bridgehead atoms. The molecule has 0 aromatic heterocycles. The number of thioether (sulfide) groups is 1. The molecule has 1 amide bonds. The Morgan fingerprint density at radius 2 is 1.93 bits per heavy atom. The molecule has 0 spiro atoms. The normalized spacial score (nSPS) is 41.6. The second-order valence-electron chi connectivity index (χ2n) is 14.8. The van der Waals surface area contributed by atoms with E-state index in [-0.39, 0.29) is 58.5 Å². The first-order chi connectivity index (χ1) is 19.6. The number of hydrogen-bond acceptors (Lipinski definition) is 8. The molecule has 0 aromatic rings. The summed E-state index contributed by atoms with van der Waals surface area (Å²) in [5, 5.41) is 11.7. The first-order valence-electron chi connectivity index (χ1n) is 16.0. The van der Waals surface area contributed by atoms with Crippen molar-refractivity contribution in [3.8, 4) is 0 Å². The minimum absolute atomic E-state index is 0.00838. The van der Waals surface area contributed by atoms with Crippen LogP contribution in [0.1, 0.15) is 73.6 Å². The number of carbonyl (C=O) groups is 3. The highest BCUT2D eigenvalue weighted by atomic mass is 32.2. The number of hydrogen-bond donors (Lipinski definition) is 2. The standard InChI is InChI=1S/C33H55N3O5S/c1-9-31(6)16-25(32(7)21(4)10-12-33(22(5)29(31)39)13-11-24(37)28(32)33)41-26(38)19-42-18-23-17-36(15-14-35(23)8)30(40)27(34)20(2)3/h9,20-23,25,27-29,39H,1,10-19,34H2,2-8H3/t21?,22-,23?,25+,27+,28?,29-,31+,32-,33-/m0/s1. The van der Waals surface area contributed by atoms with Gasteiger partial charge in [-0.25, -0.2) is 0 Å². The Morgan fingerprint density at radius 3 is 2.57 bits per heavy atom. The Bertz CT molecular complexity index is 1050. The van der Waals surface area contributed by atoms with Gasteiger partial charge in [-0.15, -0.1) is 18.3 Å². The van der Waals surface area contributed by atoms with E-state index in [1.807, 2.05) is 31.7 Å². The summed E-state index contributed by atoms with van der Waals surface area (Å²) in [6, 6.07) is -0.383. The molecule has 3 saturated carbocycles. The number of Topliss-reactive ketones (excluding diaryl/α,β-unsaturated/α-hetero) is 1. The third kappa shape index (κ3) is 5.72. The van der Waals surface area contributed by atoms with Crippen molar-refractivity contribution in [1.29, 1.82) is 0 Å². The minimum Gasteiger partial charge on any atom is -0.461 e. The van der Waals surface area contributed by atoms with E-state index >= 15 is 0 Å². The molecule has 3 N–H and O–H groups in total. The van der Waals surface area contributed by atoms with E-state index in [4.69, 9.17) is 10.5 Å². The summed E-state index contributed by atoms with van der Waals surface area (Å²) < 4.78 is 6.39. The molecule has 4 fully saturated rings. The van der Waals surface area contributed by atoms with Crippen LogP contribution in [-0.2, 0) is 19.1 Å². The molecule has 4 aliphatic rings. The van der Waals surface area contributed by atoms with Crippen LogP contribution in [0, 0.1) is 39.9 Å². The van der Waals surface area contributed by atoms with Gasteiger partial charge in [-0.3, -0.25) is 19.3 Å². The molecule has 4 rings (SSSR count). The second kappa shape index (κ2) is 12.5. The third-order valence-corrected chi connectivity index (χ3v) is 13.3. The lowest BCUT2D eigenvalue weighted by atomic mass is 9.44. The maximum atomic E-state index is 13.6. The van der Waals surface area contributed by atoms with Gasteiger partial charge in [-0.1, -0.05) is 47.6 Å². The fraction of sp³-hybridized carbons (Fsp3) is 0.848. The smallest absolute Gasteiger partial charge is 0.316 e. The lowest BCUT2D eigenvalue weighted by Gasteiger charge is -2.61. The van der Waals surface area contributed by atoms with Crippen molar-refractivity contribution >= 4 is 29.4 Å². The number of nitrogens with two attached hydrogens (primary N) is 1. The zero-order valence-corrected chi connectivity index (χ0v) is 27.8. The summed E-state index contributed by atoms with van der Waals surface area (Å²) in [6.45, 7) is 18.5. The Balaban J connectivity index is 1.48. The highest BCUT2D eigenvalue weighted by Gasteiger charge is 2.68. The highest BCUT2D eigenvalue weighted by Crippen LogP contribution is 2.68. The van der Waals surface area contributed by atoms with Crippen molar-refractivity contribution in [3.05, 3.63) is 12.7 Å². The summed E-state index contributed by atoms with van der Waals surface area (Å²) >= 11 is 1.52. The van der Waals surface area contributed by atoms with Crippen LogP contribution in [0.15, 0.2) is 12.7 Å². The predicted octanol–water partition coefficient (Wildman–Crippen LogP) is 3.75.